The van der Waals surface area contributed by atoms with Gasteiger partial charge in [0.25, 0.3) is 0 Å². The molecule has 5 rings (SSSR count). The van der Waals surface area contributed by atoms with Gasteiger partial charge < -0.3 is 25.0 Å². The Labute approximate surface area is 245 Å². The molecule has 0 aliphatic carbocycles. The monoisotopic (exact) mass is 604 g/mol. The predicted octanol–water partition coefficient (Wildman–Crippen LogP) is 2.99. The third kappa shape index (κ3) is 5.66. The highest BCUT2D eigenvalue weighted by molar-refractivity contribution is 7.11. The van der Waals surface area contributed by atoms with Gasteiger partial charge in [0.2, 0.25) is 0 Å². The fourth-order valence-corrected chi connectivity index (χ4v) is 6.18. The van der Waals surface area contributed by atoms with E-state index in [0.29, 0.717) is 48.3 Å². The smallest absolute Gasteiger partial charge is 0.338 e. The van der Waals surface area contributed by atoms with Crippen LogP contribution < -0.4 is 5.32 Å². The summed E-state index contributed by atoms with van der Waals surface area (Å²) in [4.78, 5) is 52.4. The van der Waals surface area contributed by atoms with Gasteiger partial charge in [0.1, 0.15) is 11.9 Å². The number of thiazole rings is 1. The van der Waals surface area contributed by atoms with Gasteiger partial charge in [-0.15, -0.1) is 11.3 Å². The first-order valence-electron chi connectivity index (χ1n) is 13.0. The van der Waals surface area contributed by atoms with Crippen molar-refractivity contribution in [2.24, 2.45) is 10.4 Å². The van der Waals surface area contributed by atoms with Gasteiger partial charge in [0, 0.05) is 62.1 Å². The molecule has 1 aromatic carbocycles. The third-order valence-electron chi connectivity index (χ3n) is 7.50. The standard InChI is InChI=1S/C27H30ClFN6O5S/c1-27(2,25(37)38)14-34-12-15-11-33(8-9-35(15)26(34)39)13-18-19(24(36)40-3)21(16-5-4-6-17(29)20(16)28)32-22(31-18)23-30-7-10-41-23/h4-7,10,15,21H,8-9,11-14H2,1-3H3,(H,31,32)(H,37,38)/t15-,21-/m0/s1. The van der Waals surface area contributed by atoms with Crippen molar-refractivity contribution in [3.8, 4) is 0 Å². The minimum Gasteiger partial charge on any atom is -0.481 e. The quantitative estimate of drug-likeness (QED) is 0.440. The number of halogens is 2. The van der Waals surface area contributed by atoms with Crippen molar-refractivity contribution in [3.63, 3.8) is 0 Å². The number of piperazine rings is 1. The second-order valence-electron chi connectivity index (χ2n) is 10.8. The highest BCUT2D eigenvalue weighted by Crippen LogP contribution is 2.37. The topological polar surface area (TPSA) is 128 Å². The molecule has 0 saturated carbocycles. The van der Waals surface area contributed by atoms with Crippen LogP contribution in [0.3, 0.4) is 0 Å². The number of aliphatic carboxylic acids is 1. The molecule has 0 radical (unpaired) electrons. The molecule has 2 N–H and O–H groups in total. The summed E-state index contributed by atoms with van der Waals surface area (Å²) in [5.41, 5.74) is -0.0308. The van der Waals surface area contributed by atoms with Crippen LogP contribution in [0.4, 0.5) is 9.18 Å². The Kier molecular flexibility index (Phi) is 8.04. The molecule has 2 fully saturated rings. The van der Waals surface area contributed by atoms with Crippen molar-refractivity contribution in [2.45, 2.75) is 25.9 Å². The van der Waals surface area contributed by atoms with Gasteiger partial charge in [0.15, 0.2) is 10.8 Å². The van der Waals surface area contributed by atoms with E-state index < -0.39 is 29.2 Å². The molecule has 1 aromatic heterocycles. The summed E-state index contributed by atoms with van der Waals surface area (Å²) in [6, 6.07) is 3.12. The van der Waals surface area contributed by atoms with Crippen molar-refractivity contribution in [1.29, 1.82) is 0 Å². The first-order chi connectivity index (χ1) is 19.5. The fraction of sp³-hybridized carbons (Fsp3) is 0.444. The van der Waals surface area contributed by atoms with E-state index in [-0.39, 0.29) is 35.8 Å². The van der Waals surface area contributed by atoms with E-state index in [1.165, 1.54) is 30.6 Å². The zero-order valence-electron chi connectivity index (χ0n) is 22.8. The number of carboxylic acids is 1. The molecule has 14 heteroatoms. The number of hydrogen-bond acceptors (Lipinski definition) is 9. The molecule has 41 heavy (non-hydrogen) atoms. The molecule has 2 atom stereocenters. The minimum absolute atomic E-state index is 0.108. The Morgan fingerprint density at radius 3 is 2.76 bits per heavy atom. The van der Waals surface area contributed by atoms with Gasteiger partial charge in [-0.1, -0.05) is 23.7 Å². The summed E-state index contributed by atoms with van der Waals surface area (Å²) in [5.74, 6) is -1.80. The summed E-state index contributed by atoms with van der Waals surface area (Å²) in [6.45, 7) is 5.47. The van der Waals surface area contributed by atoms with Crippen LogP contribution in [-0.4, -0.2) is 101 Å². The zero-order valence-corrected chi connectivity index (χ0v) is 24.3. The molecule has 2 saturated heterocycles. The van der Waals surface area contributed by atoms with E-state index >= 15 is 0 Å². The molecule has 218 valence electrons. The molecule has 4 heterocycles. The number of methoxy groups -OCH3 is 1. The molecular formula is C27H30ClFN6O5S. The number of nitrogens with one attached hydrogen (secondary N) is 1. The van der Waals surface area contributed by atoms with Crippen molar-refractivity contribution < 1.29 is 28.6 Å². The Hall–Kier alpha value is -3.55. The lowest BCUT2D eigenvalue weighted by Crippen LogP contribution is -2.53. The zero-order chi connectivity index (χ0) is 29.5. The number of ether oxygens (including phenoxy) is 1. The van der Waals surface area contributed by atoms with Gasteiger partial charge in [-0.25, -0.2) is 19.0 Å². The number of amides is 2. The Morgan fingerprint density at radius 1 is 1.29 bits per heavy atom. The lowest BCUT2D eigenvalue weighted by molar-refractivity contribution is -0.147. The Morgan fingerprint density at radius 2 is 2.07 bits per heavy atom. The normalized spacial score (nSPS) is 21.5. The largest absolute Gasteiger partial charge is 0.481 e. The van der Waals surface area contributed by atoms with Crippen molar-refractivity contribution in [2.75, 3.05) is 46.4 Å². The van der Waals surface area contributed by atoms with E-state index in [1.54, 1.807) is 41.3 Å². The second-order valence-corrected chi connectivity index (χ2v) is 12.1. The molecule has 2 aromatic rings. The molecule has 0 unspecified atom stereocenters. The highest BCUT2D eigenvalue weighted by Gasteiger charge is 2.44. The molecular weight excluding hydrogens is 575 g/mol. The lowest BCUT2D eigenvalue weighted by Gasteiger charge is -2.38. The molecule has 0 spiro atoms. The van der Waals surface area contributed by atoms with Gasteiger partial charge in [-0.05, 0) is 19.9 Å². The summed E-state index contributed by atoms with van der Waals surface area (Å²) in [5, 5.41) is 15.1. The number of nitrogens with zero attached hydrogens (tertiary/aromatic N) is 5. The maximum absolute atomic E-state index is 14.5. The van der Waals surface area contributed by atoms with Crippen LogP contribution in [0.2, 0.25) is 5.02 Å². The van der Waals surface area contributed by atoms with Crippen molar-refractivity contribution >= 4 is 46.7 Å². The van der Waals surface area contributed by atoms with Crippen LogP contribution in [0, 0.1) is 11.2 Å². The number of fused-ring (bicyclic) bond motifs is 1. The Bertz CT molecular complexity index is 1430. The lowest BCUT2D eigenvalue weighted by atomic mass is 9.93. The number of rotatable bonds is 8. The van der Waals surface area contributed by atoms with Crippen LogP contribution >= 0.6 is 22.9 Å². The van der Waals surface area contributed by atoms with Crippen LogP contribution in [0.5, 0.6) is 0 Å². The summed E-state index contributed by atoms with van der Waals surface area (Å²) in [6.07, 6.45) is 1.64. The number of amidine groups is 1. The first-order valence-corrected chi connectivity index (χ1v) is 14.3. The second kappa shape index (κ2) is 11.4. The number of urea groups is 1. The number of aliphatic imine (C=N–C) groups is 1. The summed E-state index contributed by atoms with van der Waals surface area (Å²) >= 11 is 7.73. The fourth-order valence-electron chi connectivity index (χ4n) is 5.36. The highest BCUT2D eigenvalue weighted by atomic mass is 35.5. The van der Waals surface area contributed by atoms with Gasteiger partial charge in [-0.3, -0.25) is 14.7 Å². The van der Waals surface area contributed by atoms with E-state index in [0.717, 1.165) is 0 Å². The Balaban J connectivity index is 1.44. The van der Waals surface area contributed by atoms with E-state index in [9.17, 15) is 23.9 Å². The van der Waals surface area contributed by atoms with Crippen LogP contribution in [-0.2, 0) is 14.3 Å². The minimum atomic E-state index is -1.07. The van der Waals surface area contributed by atoms with Crippen LogP contribution in [0.1, 0.15) is 30.5 Å². The molecule has 2 amide bonds. The number of esters is 1. The van der Waals surface area contributed by atoms with Crippen LogP contribution in [0.15, 0.2) is 46.0 Å². The van der Waals surface area contributed by atoms with E-state index in [2.05, 4.69) is 15.2 Å². The average Bonchev–Trinajstić information content (AvgIpc) is 3.58. The van der Waals surface area contributed by atoms with Gasteiger partial charge in [-0.2, -0.15) is 0 Å². The third-order valence-corrected chi connectivity index (χ3v) is 8.68. The van der Waals surface area contributed by atoms with E-state index in [1.807, 2.05) is 0 Å². The first kappa shape index (κ1) is 29.0. The van der Waals surface area contributed by atoms with Gasteiger partial charge >= 0.3 is 18.0 Å². The number of benzene rings is 1. The summed E-state index contributed by atoms with van der Waals surface area (Å²) in [7, 11) is 1.27. The maximum atomic E-state index is 14.5. The number of aromatic nitrogens is 1. The van der Waals surface area contributed by atoms with Gasteiger partial charge in [0.05, 0.1) is 29.2 Å². The number of carboxylic acid groups (broad SMARTS) is 1. The molecule has 3 aliphatic heterocycles. The van der Waals surface area contributed by atoms with E-state index in [4.69, 9.17) is 21.3 Å². The SMILES string of the molecule is COC(=O)C1=C(CN2CCN3C(=O)N(CC(C)(C)C(=O)O)C[C@@H]3C2)NC(c2nccs2)=N[C@H]1c1cccc(F)c1Cl. The molecule has 3 aliphatic rings. The summed E-state index contributed by atoms with van der Waals surface area (Å²) < 4.78 is 19.6. The predicted molar refractivity (Wildman–Crippen MR) is 150 cm³/mol. The maximum Gasteiger partial charge on any atom is 0.338 e. The van der Waals surface area contributed by atoms with Crippen LogP contribution in [0.25, 0.3) is 0 Å². The molecule has 11 nitrogen and oxygen atoms in total. The number of carbonyl (C=O) groups is 3. The van der Waals surface area contributed by atoms with Crippen molar-refractivity contribution in [1.82, 2.24) is 25.0 Å². The molecule has 0 bridgehead atoms. The number of carbonyl (C=O) groups excluding carboxylic acids is 2. The average molecular weight is 605 g/mol. The van der Waals surface area contributed by atoms with Crippen molar-refractivity contribution in [3.05, 3.63) is 62.5 Å². The number of hydrogen-bond donors (Lipinski definition) is 2.